The van der Waals surface area contributed by atoms with E-state index in [-0.39, 0.29) is 31.0 Å². The first kappa shape index (κ1) is 25.5. The third-order valence-electron chi connectivity index (χ3n) is 6.72. The van der Waals surface area contributed by atoms with Gasteiger partial charge in [0.2, 0.25) is 0 Å². The van der Waals surface area contributed by atoms with Crippen molar-refractivity contribution in [2.45, 2.75) is 25.4 Å². The summed E-state index contributed by atoms with van der Waals surface area (Å²) in [5.74, 6) is 3.11. The number of carbonyl (C=O) groups is 1. The summed E-state index contributed by atoms with van der Waals surface area (Å²) >= 11 is 0. The van der Waals surface area contributed by atoms with Crippen molar-refractivity contribution in [1.82, 2.24) is 9.88 Å². The number of halogens is 3. The molecule has 1 fully saturated rings. The van der Waals surface area contributed by atoms with Crippen LogP contribution >= 0.6 is 0 Å². The van der Waals surface area contributed by atoms with E-state index in [0.717, 1.165) is 18.2 Å². The van der Waals surface area contributed by atoms with Gasteiger partial charge < -0.3 is 9.84 Å². The van der Waals surface area contributed by atoms with E-state index in [1.807, 2.05) is 4.90 Å². The first-order chi connectivity index (χ1) is 17.4. The number of hydrogen-bond acceptors (Lipinski definition) is 4. The number of aromatic nitrogens is 1. The van der Waals surface area contributed by atoms with E-state index >= 15 is 4.39 Å². The normalized spacial score (nSPS) is 18.9. The molecule has 2 heterocycles. The van der Waals surface area contributed by atoms with E-state index < -0.39 is 29.7 Å². The van der Waals surface area contributed by atoms with Crippen molar-refractivity contribution < 1.29 is 27.8 Å². The number of benzene rings is 2. The second-order valence-electron chi connectivity index (χ2n) is 8.98. The van der Waals surface area contributed by atoms with Crippen LogP contribution in [0.15, 0.2) is 48.7 Å². The van der Waals surface area contributed by atoms with E-state index in [1.54, 1.807) is 37.6 Å². The fourth-order valence-electron chi connectivity index (χ4n) is 4.74. The lowest BCUT2D eigenvalue weighted by molar-refractivity contribution is -0.146. The molecule has 0 unspecified atom stereocenters. The number of fused-ring (bicyclic) bond motifs is 1. The van der Waals surface area contributed by atoms with Crippen molar-refractivity contribution in [3.05, 3.63) is 71.4 Å². The maximum atomic E-state index is 15.3. The standard InChI is InChI=1S/C28H27F3N2O3/c1-36-21-6-9-27-23(16-21)22(10-12-32-27)26(31)7-4-18-11-14-33(17-24(18)28(34)35)13-2-3-19-15-20(29)5-8-25(19)30/h5-6,8-10,12,15-16,18,24,26H,4,7,11,13-14,17H2,1H3,(H,34,35)/t18-,24+,26+/m1/s1. The van der Waals surface area contributed by atoms with Gasteiger partial charge in [0, 0.05) is 18.1 Å². The summed E-state index contributed by atoms with van der Waals surface area (Å²) in [5.41, 5.74) is 1.16. The molecule has 1 N–H and O–H groups in total. The second-order valence-corrected chi connectivity index (χ2v) is 8.98. The third-order valence-corrected chi connectivity index (χ3v) is 6.72. The minimum atomic E-state index is -1.26. The largest absolute Gasteiger partial charge is 0.497 e. The van der Waals surface area contributed by atoms with Gasteiger partial charge >= 0.3 is 5.97 Å². The molecule has 8 heteroatoms. The van der Waals surface area contributed by atoms with Crippen LogP contribution in [-0.2, 0) is 4.79 Å². The van der Waals surface area contributed by atoms with Gasteiger partial charge in [0.1, 0.15) is 23.6 Å². The van der Waals surface area contributed by atoms with Crippen LogP contribution in [0.2, 0.25) is 0 Å². The van der Waals surface area contributed by atoms with E-state index in [2.05, 4.69) is 16.8 Å². The van der Waals surface area contributed by atoms with Gasteiger partial charge in [-0.25, -0.2) is 13.2 Å². The highest BCUT2D eigenvalue weighted by Crippen LogP contribution is 2.35. The smallest absolute Gasteiger partial charge is 0.308 e. The van der Waals surface area contributed by atoms with Crippen molar-refractivity contribution in [3.63, 3.8) is 0 Å². The fraction of sp³-hybridized carbons (Fsp3) is 0.357. The lowest BCUT2D eigenvalue weighted by atomic mass is 9.81. The van der Waals surface area contributed by atoms with Crippen molar-refractivity contribution in [2.24, 2.45) is 11.8 Å². The summed E-state index contributed by atoms with van der Waals surface area (Å²) in [5, 5.41) is 10.5. The van der Waals surface area contributed by atoms with Crippen LogP contribution in [0.25, 0.3) is 10.9 Å². The number of piperidine rings is 1. The summed E-state index contributed by atoms with van der Waals surface area (Å²) < 4.78 is 47.7. The van der Waals surface area contributed by atoms with E-state index in [4.69, 9.17) is 4.74 Å². The minimum absolute atomic E-state index is 0.0325. The number of ether oxygens (including phenoxy) is 1. The highest BCUT2D eigenvalue weighted by molar-refractivity contribution is 5.83. The number of likely N-dealkylation sites (tertiary alicyclic amines) is 1. The van der Waals surface area contributed by atoms with E-state index in [0.29, 0.717) is 41.6 Å². The maximum Gasteiger partial charge on any atom is 0.308 e. The topological polar surface area (TPSA) is 62.7 Å². The number of methoxy groups -OCH3 is 1. The zero-order valence-electron chi connectivity index (χ0n) is 19.9. The van der Waals surface area contributed by atoms with E-state index in [9.17, 15) is 18.7 Å². The third kappa shape index (κ3) is 5.97. The summed E-state index contributed by atoms with van der Waals surface area (Å²) in [6.07, 6.45) is 1.53. The van der Waals surface area contributed by atoms with Gasteiger partial charge in [0.05, 0.1) is 30.7 Å². The summed E-state index contributed by atoms with van der Waals surface area (Å²) in [4.78, 5) is 18.2. The Hall–Kier alpha value is -3.57. The number of alkyl halides is 1. The Bertz CT molecular complexity index is 1300. The number of nitrogens with zero attached hydrogens (tertiary/aromatic N) is 2. The molecule has 4 rings (SSSR count). The number of carboxylic acids is 1. The number of aliphatic carboxylic acids is 1. The Morgan fingerprint density at radius 3 is 2.86 bits per heavy atom. The molecule has 0 aliphatic carbocycles. The SMILES string of the molecule is COc1ccc2nccc([C@@H](F)CC[C@@H]3CCN(CC#Cc4cc(F)ccc4F)C[C@@H]3C(=O)O)c2c1. The van der Waals surface area contributed by atoms with Crippen LogP contribution in [0.3, 0.4) is 0 Å². The Morgan fingerprint density at radius 1 is 1.25 bits per heavy atom. The molecule has 36 heavy (non-hydrogen) atoms. The zero-order valence-corrected chi connectivity index (χ0v) is 19.9. The molecular formula is C28H27F3N2O3. The minimum Gasteiger partial charge on any atom is -0.497 e. The summed E-state index contributed by atoms with van der Waals surface area (Å²) in [6.45, 7) is 1.11. The van der Waals surface area contributed by atoms with Gasteiger partial charge in [-0.15, -0.1) is 0 Å². The first-order valence-electron chi connectivity index (χ1n) is 11.8. The Balaban J connectivity index is 1.38. The molecule has 0 amide bonds. The molecule has 3 atom stereocenters. The molecule has 188 valence electrons. The number of rotatable bonds is 7. The van der Waals surface area contributed by atoms with Crippen LogP contribution in [0.4, 0.5) is 13.2 Å². The molecular weight excluding hydrogens is 469 g/mol. The molecule has 1 aliphatic rings. The quantitative estimate of drug-likeness (QED) is 0.445. The van der Waals surface area contributed by atoms with Crippen LogP contribution in [0.1, 0.15) is 36.6 Å². The number of carboxylic acid groups (broad SMARTS) is 1. The highest BCUT2D eigenvalue weighted by Gasteiger charge is 2.34. The average Bonchev–Trinajstić information content (AvgIpc) is 2.88. The number of pyridine rings is 1. The van der Waals surface area contributed by atoms with Gasteiger partial charge in [-0.1, -0.05) is 11.8 Å². The van der Waals surface area contributed by atoms with Crippen molar-refractivity contribution >= 4 is 16.9 Å². The van der Waals surface area contributed by atoms with Crippen molar-refractivity contribution in [3.8, 4) is 17.6 Å². The number of hydrogen-bond donors (Lipinski definition) is 1. The predicted molar refractivity (Wildman–Crippen MR) is 130 cm³/mol. The molecule has 5 nitrogen and oxygen atoms in total. The molecule has 1 aromatic heterocycles. The Morgan fingerprint density at radius 2 is 2.08 bits per heavy atom. The highest BCUT2D eigenvalue weighted by atomic mass is 19.1. The first-order valence-corrected chi connectivity index (χ1v) is 11.8. The average molecular weight is 497 g/mol. The molecule has 1 saturated heterocycles. The van der Waals surface area contributed by atoms with Gasteiger partial charge in [-0.05, 0) is 79.8 Å². The molecule has 3 aromatic rings. The van der Waals surface area contributed by atoms with Crippen LogP contribution in [0, 0.1) is 35.3 Å². The molecule has 1 aliphatic heterocycles. The monoisotopic (exact) mass is 496 g/mol. The van der Waals surface area contributed by atoms with Gasteiger partial charge in [0.15, 0.2) is 0 Å². The van der Waals surface area contributed by atoms with Crippen molar-refractivity contribution in [1.29, 1.82) is 0 Å². The lowest BCUT2D eigenvalue weighted by Gasteiger charge is -2.35. The predicted octanol–water partition coefficient (Wildman–Crippen LogP) is 5.39. The fourth-order valence-corrected chi connectivity index (χ4v) is 4.74. The molecule has 0 radical (unpaired) electrons. The van der Waals surface area contributed by atoms with Gasteiger partial charge in [0.25, 0.3) is 0 Å². The van der Waals surface area contributed by atoms with E-state index in [1.165, 1.54) is 0 Å². The maximum absolute atomic E-state index is 15.3. The molecule has 0 bridgehead atoms. The summed E-state index contributed by atoms with van der Waals surface area (Å²) in [6, 6.07) is 10.1. The van der Waals surface area contributed by atoms with Gasteiger partial charge in [-0.3, -0.25) is 14.7 Å². The summed E-state index contributed by atoms with van der Waals surface area (Å²) in [7, 11) is 1.55. The molecule has 0 saturated carbocycles. The zero-order chi connectivity index (χ0) is 25.7. The van der Waals surface area contributed by atoms with Crippen molar-refractivity contribution in [2.75, 3.05) is 26.7 Å². The Kier molecular flexibility index (Phi) is 8.11. The lowest BCUT2D eigenvalue weighted by Crippen LogP contribution is -2.44. The second kappa shape index (κ2) is 11.4. The van der Waals surface area contributed by atoms with Crippen LogP contribution in [-0.4, -0.2) is 47.7 Å². The Labute approximate surface area is 207 Å². The molecule has 2 aromatic carbocycles. The van der Waals surface area contributed by atoms with Crippen LogP contribution < -0.4 is 4.74 Å². The van der Waals surface area contributed by atoms with Crippen LogP contribution in [0.5, 0.6) is 5.75 Å². The molecule has 0 spiro atoms. The van der Waals surface area contributed by atoms with Gasteiger partial charge in [-0.2, -0.15) is 0 Å².